The number of nitrogens with zero attached hydrogens (tertiary/aromatic N) is 1. The van der Waals surface area contributed by atoms with E-state index < -0.39 is 11.8 Å². The highest BCUT2D eigenvalue weighted by molar-refractivity contribution is 7.14. The Kier molecular flexibility index (Phi) is 2.30. The molecule has 0 aliphatic carbocycles. The molecule has 0 saturated carbocycles. The minimum Gasteiger partial charge on any atom is -0.475 e. The normalized spacial score (nSPS) is 14.9. The Labute approximate surface area is 83.8 Å². The van der Waals surface area contributed by atoms with E-state index >= 15 is 0 Å². The van der Waals surface area contributed by atoms with Crippen molar-refractivity contribution in [2.24, 2.45) is 0 Å². The van der Waals surface area contributed by atoms with Gasteiger partial charge in [-0.15, -0.1) is 11.3 Å². The summed E-state index contributed by atoms with van der Waals surface area (Å²) in [6.07, 6.45) is 0.763. The Hall–Kier alpha value is -1.27. The third-order valence-electron chi connectivity index (χ3n) is 1.99. The number of hydrogen-bond donors (Lipinski definition) is 2. The molecule has 1 aliphatic heterocycles. The first-order valence-electron chi connectivity index (χ1n) is 4.15. The zero-order chi connectivity index (χ0) is 10.1. The summed E-state index contributed by atoms with van der Waals surface area (Å²) in [4.78, 5) is 26.5. The molecule has 2 heterocycles. The predicted molar refractivity (Wildman–Crippen MR) is 49.5 cm³/mol. The average Bonchev–Trinajstić information content (AvgIpc) is 2.59. The number of carbonyl (C=O) groups excluding carboxylic acids is 1. The predicted octanol–water partition coefficient (Wildman–Crippen LogP) is 0.0561. The van der Waals surface area contributed by atoms with Crippen LogP contribution in [0.25, 0.3) is 0 Å². The molecule has 0 aromatic carbocycles. The fourth-order valence-electron chi connectivity index (χ4n) is 1.31. The molecular weight excluding hydrogens is 204 g/mol. The smallest absolute Gasteiger partial charge is 0.379 e. The van der Waals surface area contributed by atoms with Gasteiger partial charge in [-0.2, -0.15) is 0 Å². The van der Waals surface area contributed by atoms with Gasteiger partial charge >= 0.3 is 5.97 Å². The van der Waals surface area contributed by atoms with Gasteiger partial charge in [0, 0.05) is 24.4 Å². The number of carboxylic acids is 1. The van der Waals surface area contributed by atoms with Crippen LogP contribution in [0, 0.1) is 0 Å². The molecule has 5 nitrogen and oxygen atoms in total. The van der Waals surface area contributed by atoms with Crippen LogP contribution in [0.1, 0.15) is 20.4 Å². The molecule has 0 radical (unpaired) electrons. The van der Waals surface area contributed by atoms with Gasteiger partial charge in [-0.1, -0.05) is 0 Å². The Bertz CT molecular complexity index is 376. The van der Waals surface area contributed by atoms with Gasteiger partial charge in [0.05, 0.1) is 5.69 Å². The number of nitrogens with one attached hydrogen (secondary N) is 1. The maximum atomic E-state index is 11.1. The van der Waals surface area contributed by atoms with E-state index in [9.17, 15) is 9.59 Å². The number of carboxylic acid groups (broad SMARTS) is 1. The first kappa shape index (κ1) is 9.29. The van der Waals surface area contributed by atoms with E-state index in [1.807, 2.05) is 0 Å². The molecule has 1 aromatic rings. The molecule has 0 bridgehead atoms. The lowest BCUT2D eigenvalue weighted by molar-refractivity contribution is -0.131. The van der Waals surface area contributed by atoms with Gasteiger partial charge in [0.15, 0.2) is 5.01 Å². The number of aromatic nitrogens is 1. The Morgan fingerprint density at radius 3 is 2.93 bits per heavy atom. The van der Waals surface area contributed by atoms with Crippen molar-refractivity contribution in [2.75, 3.05) is 6.54 Å². The second kappa shape index (κ2) is 3.47. The highest BCUT2D eigenvalue weighted by atomic mass is 32.1. The number of carbonyl (C=O) groups is 2. The number of Topliss-reactive ketones (excluding diaryl/α,β-unsaturated/α-hetero) is 1. The zero-order valence-corrected chi connectivity index (χ0v) is 8.06. The molecule has 0 spiro atoms. The first-order chi connectivity index (χ1) is 6.68. The summed E-state index contributed by atoms with van der Waals surface area (Å²) in [6, 6.07) is 0. The van der Waals surface area contributed by atoms with Crippen LogP contribution in [0.3, 0.4) is 0 Å². The van der Waals surface area contributed by atoms with E-state index in [4.69, 9.17) is 5.11 Å². The topological polar surface area (TPSA) is 79.3 Å². The lowest BCUT2D eigenvalue weighted by Crippen LogP contribution is -2.22. The number of rotatable bonds is 2. The minimum absolute atomic E-state index is 0.0891. The van der Waals surface area contributed by atoms with Gasteiger partial charge < -0.3 is 10.4 Å². The Morgan fingerprint density at radius 2 is 2.29 bits per heavy atom. The maximum Gasteiger partial charge on any atom is 0.379 e. The summed E-state index contributed by atoms with van der Waals surface area (Å²) in [6.45, 7) is 1.51. The fourth-order valence-corrected chi connectivity index (χ4v) is 2.32. The van der Waals surface area contributed by atoms with Crippen molar-refractivity contribution in [3.63, 3.8) is 0 Å². The van der Waals surface area contributed by atoms with E-state index in [1.165, 1.54) is 11.3 Å². The van der Waals surface area contributed by atoms with Crippen molar-refractivity contribution in [1.82, 2.24) is 10.3 Å². The van der Waals surface area contributed by atoms with E-state index in [0.717, 1.165) is 23.5 Å². The van der Waals surface area contributed by atoms with Crippen molar-refractivity contribution in [3.8, 4) is 0 Å². The highest BCUT2D eigenvalue weighted by Gasteiger charge is 2.22. The third kappa shape index (κ3) is 1.53. The van der Waals surface area contributed by atoms with E-state index in [2.05, 4.69) is 10.3 Å². The summed E-state index contributed by atoms with van der Waals surface area (Å²) in [5, 5.41) is 11.7. The van der Waals surface area contributed by atoms with Crippen molar-refractivity contribution in [3.05, 3.63) is 15.6 Å². The SMILES string of the molecule is O=C(O)C(=O)c1nc2c(s1)CNCC2. The van der Waals surface area contributed by atoms with Crippen LogP contribution in [-0.4, -0.2) is 28.4 Å². The standard InChI is InChI=1S/C8H8N2O3S/c11-6(8(12)13)7-10-4-1-2-9-3-5(4)14-7/h9H,1-3H2,(H,12,13). The van der Waals surface area contributed by atoms with Crippen LogP contribution in [0.5, 0.6) is 0 Å². The highest BCUT2D eigenvalue weighted by Crippen LogP contribution is 2.21. The van der Waals surface area contributed by atoms with E-state index in [0.29, 0.717) is 6.54 Å². The van der Waals surface area contributed by atoms with Gasteiger partial charge in [0.1, 0.15) is 0 Å². The molecule has 0 unspecified atom stereocenters. The molecule has 6 heteroatoms. The largest absolute Gasteiger partial charge is 0.475 e. The lowest BCUT2D eigenvalue weighted by atomic mass is 10.2. The zero-order valence-electron chi connectivity index (χ0n) is 7.24. The van der Waals surface area contributed by atoms with Crippen molar-refractivity contribution in [1.29, 1.82) is 0 Å². The van der Waals surface area contributed by atoms with Gasteiger partial charge in [-0.05, 0) is 0 Å². The van der Waals surface area contributed by atoms with Crippen LogP contribution < -0.4 is 5.32 Å². The van der Waals surface area contributed by atoms with E-state index in [1.54, 1.807) is 0 Å². The summed E-state index contributed by atoms with van der Waals surface area (Å²) >= 11 is 1.17. The number of aliphatic carboxylic acids is 1. The second-order valence-corrected chi connectivity index (χ2v) is 4.03. The van der Waals surface area contributed by atoms with Crippen molar-refractivity contribution < 1.29 is 14.7 Å². The molecule has 74 valence electrons. The molecule has 14 heavy (non-hydrogen) atoms. The number of ketones is 1. The second-order valence-electron chi connectivity index (χ2n) is 2.95. The summed E-state index contributed by atoms with van der Waals surface area (Å²) < 4.78 is 0. The van der Waals surface area contributed by atoms with Gasteiger partial charge in [-0.3, -0.25) is 4.79 Å². The molecule has 0 fully saturated rings. The lowest BCUT2D eigenvalue weighted by Gasteiger charge is -2.09. The van der Waals surface area contributed by atoms with Crippen LogP contribution in [0.2, 0.25) is 0 Å². The maximum absolute atomic E-state index is 11.1. The number of thiazole rings is 1. The van der Waals surface area contributed by atoms with Gasteiger partial charge in [0.2, 0.25) is 0 Å². The van der Waals surface area contributed by atoms with Crippen LogP contribution in [0.4, 0.5) is 0 Å². The fraction of sp³-hybridized carbons (Fsp3) is 0.375. The Balaban J connectivity index is 2.32. The summed E-state index contributed by atoms with van der Waals surface area (Å²) in [7, 11) is 0. The quantitative estimate of drug-likeness (QED) is 0.535. The molecule has 0 saturated heterocycles. The first-order valence-corrected chi connectivity index (χ1v) is 4.97. The molecule has 2 rings (SSSR count). The Morgan fingerprint density at radius 1 is 1.50 bits per heavy atom. The van der Waals surface area contributed by atoms with Crippen LogP contribution in [0.15, 0.2) is 0 Å². The van der Waals surface area contributed by atoms with Crippen LogP contribution in [-0.2, 0) is 17.8 Å². The van der Waals surface area contributed by atoms with Gasteiger partial charge in [-0.25, -0.2) is 9.78 Å². The molecular formula is C8H8N2O3S. The summed E-state index contributed by atoms with van der Waals surface area (Å²) in [5.41, 5.74) is 0.860. The average molecular weight is 212 g/mol. The molecule has 2 N–H and O–H groups in total. The molecule has 0 atom stereocenters. The monoisotopic (exact) mass is 212 g/mol. The molecule has 0 amide bonds. The van der Waals surface area contributed by atoms with Crippen LogP contribution >= 0.6 is 11.3 Å². The number of hydrogen-bond acceptors (Lipinski definition) is 5. The van der Waals surface area contributed by atoms with E-state index in [-0.39, 0.29) is 5.01 Å². The number of fused-ring (bicyclic) bond motifs is 1. The minimum atomic E-state index is -1.44. The molecule has 1 aromatic heterocycles. The summed E-state index contributed by atoms with van der Waals surface area (Å²) in [5.74, 6) is -2.35. The van der Waals surface area contributed by atoms with Crippen molar-refractivity contribution in [2.45, 2.75) is 13.0 Å². The third-order valence-corrected chi connectivity index (χ3v) is 3.09. The van der Waals surface area contributed by atoms with Gasteiger partial charge in [0.25, 0.3) is 5.78 Å². The molecule has 1 aliphatic rings. The van der Waals surface area contributed by atoms with Crippen molar-refractivity contribution >= 4 is 23.1 Å².